The Balaban J connectivity index is 1.68. The van der Waals surface area contributed by atoms with Crippen molar-refractivity contribution in [2.45, 2.75) is 19.8 Å². The molecule has 7 heteroatoms. The first-order valence-electron chi connectivity index (χ1n) is 9.57. The van der Waals surface area contributed by atoms with Gasteiger partial charge in [0.25, 0.3) is 0 Å². The molecule has 0 bridgehead atoms. The number of carbonyl (C=O) groups is 3. The van der Waals surface area contributed by atoms with E-state index in [2.05, 4.69) is 5.32 Å². The van der Waals surface area contributed by atoms with Crippen LogP contribution in [0.4, 0.5) is 16.2 Å². The van der Waals surface area contributed by atoms with Crippen molar-refractivity contribution in [3.8, 4) is 0 Å². The Bertz CT molecular complexity index is 914. The highest BCUT2D eigenvalue weighted by Gasteiger charge is 2.25. The SMILES string of the molecule is CC(CN(C)C(=O)Nc1ccc2c(c1)N(C(=O)Cc1ccccc1)CC2)C(=O)O. The van der Waals surface area contributed by atoms with Gasteiger partial charge >= 0.3 is 12.0 Å². The summed E-state index contributed by atoms with van der Waals surface area (Å²) in [6, 6.07) is 14.7. The number of carbonyl (C=O) groups excluding carboxylic acids is 2. The number of fused-ring (bicyclic) bond motifs is 1. The molecule has 1 heterocycles. The third-order valence-electron chi connectivity index (χ3n) is 5.05. The molecule has 1 aliphatic rings. The van der Waals surface area contributed by atoms with Crippen molar-refractivity contribution < 1.29 is 19.5 Å². The number of nitrogens with zero attached hydrogens (tertiary/aromatic N) is 2. The highest BCUT2D eigenvalue weighted by Crippen LogP contribution is 2.31. The lowest BCUT2D eigenvalue weighted by molar-refractivity contribution is -0.141. The van der Waals surface area contributed by atoms with Gasteiger partial charge in [0.1, 0.15) is 0 Å². The number of anilines is 2. The first-order chi connectivity index (χ1) is 13.8. The molecule has 29 heavy (non-hydrogen) atoms. The quantitative estimate of drug-likeness (QED) is 0.787. The number of hydrogen-bond acceptors (Lipinski definition) is 3. The molecule has 0 aromatic heterocycles. The third-order valence-corrected chi connectivity index (χ3v) is 5.05. The Morgan fingerprint density at radius 1 is 1.17 bits per heavy atom. The fourth-order valence-electron chi connectivity index (χ4n) is 3.37. The van der Waals surface area contributed by atoms with E-state index in [0.717, 1.165) is 23.2 Å². The van der Waals surface area contributed by atoms with Crippen LogP contribution in [0.25, 0.3) is 0 Å². The van der Waals surface area contributed by atoms with Crippen molar-refractivity contribution in [1.82, 2.24) is 4.90 Å². The van der Waals surface area contributed by atoms with Gasteiger partial charge in [0.05, 0.1) is 12.3 Å². The van der Waals surface area contributed by atoms with Gasteiger partial charge in [-0.3, -0.25) is 9.59 Å². The number of carboxylic acids is 1. The molecule has 152 valence electrons. The van der Waals surface area contributed by atoms with E-state index in [4.69, 9.17) is 5.11 Å². The molecule has 2 N–H and O–H groups in total. The van der Waals surface area contributed by atoms with Gasteiger partial charge in [0, 0.05) is 31.5 Å². The predicted molar refractivity (Wildman–Crippen MR) is 111 cm³/mol. The summed E-state index contributed by atoms with van der Waals surface area (Å²) in [4.78, 5) is 39.2. The Labute approximate surface area is 169 Å². The highest BCUT2D eigenvalue weighted by atomic mass is 16.4. The van der Waals surface area contributed by atoms with Crippen molar-refractivity contribution in [1.29, 1.82) is 0 Å². The number of aliphatic carboxylic acids is 1. The van der Waals surface area contributed by atoms with Crippen molar-refractivity contribution in [3.05, 3.63) is 59.7 Å². The van der Waals surface area contributed by atoms with Crippen LogP contribution >= 0.6 is 0 Å². The normalized spacial score (nSPS) is 13.5. The largest absolute Gasteiger partial charge is 0.481 e. The molecule has 3 rings (SSSR count). The fourth-order valence-corrected chi connectivity index (χ4v) is 3.37. The standard InChI is InChI=1S/C22H25N3O4/c1-15(21(27)28)14-24(2)22(29)23-18-9-8-17-10-11-25(19(17)13-18)20(26)12-16-6-4-3-5-7-16/h3-9,13,15H,10-12,14H2,1-2H3,(H,23,29)(H,27,28). The maximum Gasteiger partial charge on any atom is 0.321 e. The smallest absolute Gasteiger partial charge is 0.321 e. The average molecular weight is 395 g/mol. The number of nitrogens with one attached hydrogen (secondary N) is 1. The lowest BCUT2D eigenvalue weighted by atomic mass is 10.1. The molecular weight excluding hydrogens is 370 g/mol. The van der Waals surface area contributed by atoms with E-state index >= 15 is 0 Å². The van der Waals surface area contributed by atoms with Crippen LogP contribution in [-0.2, 0) is 22.4 Å². The molecule has 0 saturated heterocycles. The van der Waals surface area contributed by atoms with Crippen LogP contribution in [-0.4, -0.2) is 48.1 Å². The maximum atomic E-state index is 12.8. The van der Waals surface area contributed by atoms with Crippen LogP contribution in [0.15, 0.2) is 48.5 Å². The predicted octanol–water partition coefficient (Wildman–Crippen LogP) is 3.00. The topological polar surface area (TPSA) is 90.0 Å². The van der Waals surface area contributed by atoms with Crippen molar-refractivity contribution in [2.24, 2.45) is 5.92 Å². The summed E-state index contributed by atoms with van der Waals surface area (Å²) in [5.41, 5.74) is 3.41. The summed E-state index contributed by atoms with van der Waals surface area (Å²) in [5, 5.41) is 11.8. The summed E-state index contributed by atoms with van der Waals surface area (Å²) >= 11 is 0. The maximum absolute atomic E-state index is 12.8. The van der Waals surface area contributed by atoms with Crippen LogP contribution in [0.2, 0.25) is 0 Å². The van der Waals surface area contributed by atoms with E-state index in [1.54, 1.807) is 31.0 Å². The lowest BCUT2D eigenvalue weighted by Gasteiger charge is -2.21. The zero-order chi connectivity index (χ0) is 21.0. The second-order valence-corrected chi connectivity index (χ2v) is 7.35. The van der Waals surface area contributed by atoms with E-state index in [1.807, 2.05) is 36.4 Å². The second-order valence-electron chi connectivity index (χ2n) is 7.35. The number of hydrogen-bond donors (Lipinski definition) is 2. The van der Waals surface area contributed by atoms with E-state index in [0.29, 0.717) is 18.7 Å². The molecule has 2 aromatic rings. The van der Waals surface area contributed by atoms with Crippen LogP contribution in [0.1, 0.15) is 18.1 Å². The molecule has 0 fully saturated rings. The monoisotopic (exact) mass is 395 g/mol. The molecule has 0 spiro atoms. The number of rotatable bonds is 6. The minimum Gasteiger partial charge on any atom is -0.481 e. The molecule has 7 nitrogen and oxygen atoms in total. The summed E-state index contributed by atoms with van der Waals surface area (Å²) in [6.45, 7) is 2.28. The van der Waals surface area contributed by atoms with Gasteiger partial charge in [0.2, 0.25) is 5.91 Å². The molecule has 3 amide bonds. The number of urea groups is 1. The first kappa shape index (κ1) is 20.4. The Morgan fingerprint density at radius 2 is 1.90 bits per heavy atom. The van der Waals surface area contributed by atoms with Crippen molar-refractivity contribution in [2.75, 3.05) is 30.4 Å². The molecule has 0 aliphatic carbocycles. The summed E-state index contributed by atoms with van der Waals surface area (Å²) in [5.74, 6) is -1.59. The molecule has 1 unspecified atom stereocenters. The minimum atomic E-state index is -0.949. The first-order valence-corrected chi connectivity index (χ1v) is 9.57. The fraction of sp³-hybridized carbons (Fsp3) is 0.318. The molecule has 1 atom stereocenters. The van der Waals surface area contributed by atoms with Crippen LogP contribution in [0, 0.1) is 5.92 Å². The van der Waals surface area contributed by atoms with Gasteiger partial charge < -0.3 is 20.2 Å². The van der Waals surface area contributed by atoms with E-state index in [9.17, 15) is 14.4 Å². The van der Waals surface area contributed by atoms with Gasteiger partial charge in [-0.15, -0.1) is 0 Å². The van der Waals surface area contributed by atoms with Crippen LogP contribution in [0.3, 0.4) is 0 Å². The van der Waals surface area contributed by atoms with Gasteiger partial charge in [-0.1, -0.05) is 43.3 Å². The molecular formula is C22H25N3O4. The molecule has 0 saturated carbocycles. The van der Waals surface area contributed by atoms with Gasteiger partial charge in [-0.25, -0.2) is 4.79 Å². The number of amides is 3. The van der Waals surface area contributed by atoms with E-state index in [1.165, 1.54) is 4.90 Å². The Morgan fingerprint density at radius 3 is 2.59 bits per heavy atom. The van der Waals surface area contributed by atoms with Crippen LogP contribution in [0.5, 0.6) is 0 Å². The molecule has 0 radical (unpaired) electrons. The van der Waals surface area contributed by atoms with Crippen molar-refractivity contribution in [3.63, 3.8) is 0 Å². The lowest BCUT2D eigenvalue weighted by Crippen LogP contribution is -2.36. The van der Waals surface area contributed by atoms with E-state index < -0.39 is 17.9 Å². The summed E-state index contributed by atoms with van der Waals surface area (Å²) in [6.07, 6.45) is 1.10. The molecule has 2 aromatic carbocycles. The number of benzene rings is 2. The third kappa shape index (κ3) is 4.93. The summed E-state index contributed by atoms with van der Waals surface area (Å²) in [7, 11) is 1.55. The second kappa shape index (κ2) is 8.77. The van der Waals surface area contributed by atoms with Gasteiger partial charge in [-0.2, -0.15) is 0 Å². The van der Waals surface area contributed by atoms with Crippen LogP contribution < -0.4 is 10.2 Å². The molecule has 1 aliphatic heterocycles. The van der Waals surface area contributed by atoms with E-state index in [-0.39, 0.29) is 12.5 Å². The van der Waals surface area contributed by atoms with Crippen molar-refractivity contribution >= 4 is 29.3 Å². The average Bonchev–Trinajstić information content (AvgIpc) is 3.12. The Hall–Kier alpha value is -3.35. The highest BCUT2D eigenvalue weighted by molar-refractivity contribution is 5.98. The zero-order valence-corrected chi connectivity index (χ0v) is 16.6. The summed E-state index contributed by atoms with van der Waals surface area (Å²) < 4.78 is 0. The Kier molecular flexibility index (Phi) is 6.16. The number of carboxylic acid groups (broad SMARTS) is 1. The minimum absolute atomic E-state index is 0.0193. The zero-order valence-electron chi connectivity index (χ0n) is 16.6. The van der Waals surface area contributed by atoms with Gasteiger partial charge in [-0.05, 0) is 29.7 Å². The van der Waals surface area contributed by atoms with Gasteiger partial charge in [0.15, 0.2) is 0 Å².